The first kappa shape index (κ1) is 17.9. The summed E-state index contributed by atoms with van der Waals surface area (Å²) in [6.45, 7) is 8.65. The average Bonchev–Trinajstić information content (AvgIpc) is 2.60. The highest BCUT2D eigenvalue weighted by Gasteiger charge is 2.10. The Labute approximate surface area is 144 Å². The normalized spacial score (nSPS) is 10.5. The van der Waals surface area contributed by atoms with Gasteiger partial charge in [-0.3, -0.25) is 4.79 Å². The summed E-state index contributed by atoms with van der Waals surface area (Å²) in [6, 6.07) is 8.09. The number of nitrogens with zero attached hydrogens (tertiary/aromatic N) is 3. The van der Waals surface area contributed by atoms with Gasteiger partial charge in [0.2, 0.25) is 5.95 Å². The van der Waals surface area contributed by atoms with Gasteiger partial charge in [0, 0.05) is 32.0 Å². The molecule has 0 saturated carbocycles. The number of aryl methyl sites for hydroxylation is 1. The summed E-state index contributed by atoms with van der Waals surface area (Å²) in [5.74, 6) is 0.537. The highest BCUT2D eigenvalue weighted by atomic mass is 16.1. The molecule has 0 aliphatic heterocycles. The zero-order valence-electron chi connectivity index (χ0n) is 14.7. The molecule has 0 aliphatic rings. The minimum Gasteiger partial charge on any atom is -0.348 e. The number of anilines is 1. The molecule has 1 heterocycles. The fourth-order valence-corrected chi connectivity index (χ4v) is 2.56. The van der Waals surface area contributed by atoms with Crippen LogP contribution in [0.25, 0.3) is 0 Å². The molecule has 5 heteroatoms. The minimum atomic E-state index is -0.152. The Bertz CT molecular complexity index is 649. The average molecular weight is 326 g/mol. The molecule has 24 heavy (non-hydrogen) atoms. The SMILES string of the molecule is CCCN(CCC)c1ncc(C(=O)NCc2cccc(C)c2)cn1. The van der Waals surface area contributed by atoms with Crippen LogP contribution in [0.15, 0.2) is 36.7 Å². The lowest BCUT2D eigenvalue weighted by atomic mass is 10.1. The van der Waals surface area contributed by atoms with E-state index in [4.69, 9.17) is 0 Å². The van der Waals surface area contributed by atoms with Gasteiger partial charge in [-0.1, -0.05) is 43.7 Å². The molecule has 1 amide bonds. The lowest BCUT2D eigenvalue weighted by Gasteiger charge is -2.21. The van der Waals surface area contributed by atoms with Crippen molar-refractivity contribution in [3.05, 3.63) is 53.3 Å². The van der Waals surface area contributed by atoms with Crippen LogP contribution in [-0.2, 0) is 6.54 Å². The summed E-state index contributed by atoms with van der Waals surface area (Å²) in [6.07, 6.45) is 5.29. The van der Waals surface area contributed by atoms with Gasteiger partial charge in [0.15, 0.2) is 0 Å². The molecular weight excluding hydrogens is 300 g/mol. The first-order valence-electron chi connectivity index (χ1n) is 8.54. The number of rotatable bonds is 8. The zero-order valence-corrected chi connectivity index (χ0v) is 14.7. The third kappa shape index (κ3) is 5.05. The van der Waals surface area contributed by atoms with E-state index in [-0.39, 0.29) is 5.91 Å². The van der Waals surface area contributed by atoms with Gasteiger partial charge in [-0.05, 0) is 25.3 Å². The quantitative estimate of drug-likeness (QED) is 0.808. The largest absolute Gasteiger partial charge is 0.348 e. The van der Waals surface area contributed by atoms with Gasteiger partial charge < -0.3 is 10.2 Å². The molecule has 0 atom stereocenters. The maximum atomic E-state index is 12.2. The first-order chi connectivity index (χ1) is 11.6. The van der Waals surface area contributed by atoms with E-state index in [1.165, 1.54) is 5.56 Å². The van der Waals surface area contributed by atoms with Crippen molar-refractivity contribution in [3.63, 3.8) is 0 Å². The Balaban J connectivity index is 1.97. The molecule has 0 aliphatic carbocycles. The molecule has 1 aromatic heterocycles. The lowest BCUT2D eigenvalue weighted by Crippen LogP contribution is -2.28. The van der Waals surface area contributed by atoms with E-state index in [1.807, 2.05) is 25.1 Å². The molecule has 0 fully saturated rings. The van der Waals surface area contributed by atoms with Crippen molar-refractivity contribution in [3.8, 4) is 0 Å². The topological polar surface area (TPSA) is 58.1 Å². The van der Waals surface area contributed by atoms with Crippen molar-refractivity contribution in [2.24, 2.45) is 0 Å². The molecule has 128 valence electrons. The summed E-state index contributed by atoms with van der Waals surface area (Å²) in [4.78, 5) is 23.1. The lowest BCUT2D eigenvalue weighted by molar-refractivity contribution is 0.0950. The van der Waals surface area contributed by atoms with Gasteiger partial charge in [-0.15, -0.1) is 0 Å². The van der Waals surface area contributed by atoms with Crippen LogP contribution in [0, 0.1) is 6.92 Å². The summed E-state index contributed by atoms with van der Waals surface area (Å²) in [5.41, 5.74) is 2.75. The van der Waals surface area contributed by atoms with Crippen LogP contribution >= 0.6 is 0 Å². The standard InChI is InChI=1S/C19H26N4O/c1-4-9-23(10-5-2)19-21-13-17(14-22-19)18(24)20-12-16-8-6-7-15(3)11-16/h6-8,11,13-14H,4-5,9-10,12H2,1-3H3,(H,20,24). The van der Waals surface area contributed by atoms with E-state index < -0.39 is 0 Å². The summed E-state index contributed by atoms with van der Waals surface area (Å²) >= 11 is 0. The van der Waals surface area contributed by atoms with Crippen LogP contribution in [0.1, 0.15) is 48.2 Å². The van der Waals surface area contributed by atoms with E-state index in [0.717, 1.165) is 31.5 Å². The molecule has 0 bridgehead atoms. The Morgan fingerprint density at radius 3 is 2.38 bits per heavy atom. The van der Waals surface area contributed by atoms with E-state index in [1.54, 1.807) is 12.4 Å². The highest BCUT2D eigenvalue weighted by molar-refractivity contribution is 5.93. The number of hydrogen-bond acceptors (Lipinski definition) is 4. The van der Waals surface area contributed by atoms with Crippen LogP contribution < -0.4 is 10.2 Å². The maximum absolute atomic E-state index is 12.2. The second kappa shape index (κ2) is 9.01. The number of amides is 1. The molecule has 0 spiro atoms. The smallest absolute Gasteiger partial charge is 0.254 e. The molecule has 1 N–H and O–H groups in total. The monoisotopic (exact) mass is 326 g/mol. The third-order valence-corrected chi connectivity index (χ3v) is 3.71. The Hall–Kier alpha value is -2.43. The van der Waals surface area contributed by atoms with Crippen molar-refractivity contribution in [1.82, 2.24) is 15.3 Å². The first-order valence-corrected chi connectivity index (χ1v) is 8.54. The fraction of sp³-hybridized carbons (Fsp3) is 0.421. The van der Waals surface area contributed by atoms with Gasteiger partial charge in [0.1, 0.15) is 0 Å². The number of carbonyl (C=O) groups excluding carboxylic acids is 1. The highest BCUT2D eigenvalue weighted by Crippen LogP contribution is 2.09. The minimum absolute atomic E-state index is 0.152. The molecule has 0 unspecified atom stereocenters. The molecular formula is C19H26N4O. The van der Waals surface area contributed by atoms with Gasteiger partial charge >= 0.3 is 0 Å². The maximum Gasteiger partial charge on any atom is 0.254 e. The molecule has 0 saturated heterocycles. The number of carbonyl (C=O) groups is 1. The van der Waals surface area contributed by atoms with Gasteiger partial charge in [-0.25, -0.2) is 9.97 Å². The fourth-order valence-electron chi connectivity index (χ4n) is 2.56. The predicted molar refractivity (Wildman–Crippen MR) is 97.2 cm³/mol. The summed E-state index contributed by atoms with van der Waals surface area (Å²) in [7, 11) is 0. The van der Waals surface area contributed by atoms with Crippen molar-refractivity contribution in [2.45, 2.75) is 40.2 Å². The third-order valence-electron chi connectivity index (χ3n) is 3.71. The molecule has 5 nitrogen and oxygen atoms in total. The molecule has 2 aromatic rings. The van der Waals surface area contributed by atoms with Gasteiger partial charge in [0.25, 0.3) is 5.91 Å². The summed E-state index contributed by atoms with van der Waals surface area (Å²) < 4.78 is 0. The number of hydrogen-bond donors (Lipinski definition) is 1. The second-order valence-electron chi connectivity index (χ2n) is 5.93. The number of aromatic nitrogens is 2. The van der Waals surface area contributed by atoms with Crippen molar-refractivity contribution >= 4 is 11.9 Å². The number of benzene rings is 1. The van der Waals surface area contributed by atoms with E-state index in [9.17, 15) is 4.79 Å². The Kier molecular flexibility index (Phi) is 6.73. The Morgan fingerprint density at radius 2 is 1.79 bits per heavy atom. The zero-order chi connectivity index (χ0) is 17.4. The van der Waals surface area contributed by atoms with Gasteiger partial charge in [0.05, 0.1) is 5.56 Å². The Morgan fingerprint density at radius 1 is 1.12 bits per heavy atom. The van der Waals surface area contributed by atoms with Crippen LogP contribution in [0.2, 0.25) is 0 Å². The van der Waals surface area contributed by atoms with E-state index >= 15 is 0 Å². The van der Waals surface area contributed by atoms with Crippen LogP contribution in [0.5, 0.6) is 0 Å². The van der Waals surface area contributed by atoms with E-state index in [2.05, 4.69) is 40.1 Å². The van der Waals surface area contributed by atoms with Crippen LogP contribution in [0.3, 0.4) is 0 Å². The predicted octanol–water partition coefficient (Wildman–Crippen LogP) is 3.34. The summed E-state index contributed by atoms with van der Waals surface area (Å²) in [5, 5.41) is 2.91. The van der Waals surface area contributed by atoms with Crippen LogP contribution in [-0.4, -0.2) is 29.0 Å². The van der Waals surface area contributed by atoms with Crippen molar-refractivity contribution < 1.29 is 4.79 Å². The van der Waals surface area contributed by atoms with Crippen LogP contribution in [0.4, 0.5) is 5.95 Å². The molecule has 2 rings (SSSR count). The van der Waals surface area contributed by atoms with Gasteiger partial charge in [-0.2, -0.15) is 0 Å². The van der Waals surface area contributed by atoms with Crippen molar-refractivity contribution in [2.75, 3.05) is 18.0 Å². The second-order valence-corrected chi connectivity index (χ2v) is 5.93. The number of nitrogens with one attached hydrogen (secondary N) is 1. The van der Waals surface area contributed by atoms with E-state index in [0.29, 0.717) is 18.1 Å². The van der Waals surface area contributed by atoms with Crippen molar-refractivity contribution in [1.29, 1.82) is 0 Å². The molecule has 1 aromatic carbocycles. The molecule has 0 radical (unpaired) electrons.